The van der Waals surface area contributed by atoms with Crippen LogP contribution in [0.5, 0.6) is 0 Å². The molecule has 0 bridgehead atoms. The monoisotopic (exact) mass is 207 g/mol. The van der Waals surface area contributed by atoms with Crippen molar-refractivity contribution in [2.45, 2.75) is 0 Å². The molecular formula is C10H6FNO3. The fourth-order valence-electron chi connectivity index (χ4n) is 1.14. The molecule has 76 valence electrons. The van der Waals surface area contributed by atoms with Crippen LogP contribution in [0.15, 0.2) is 12.1 Å². The van der Waals surface area contributed by atoms with E-state index in [0.717, 1.165) is 19.2 Å². The van der Waals surface area contributed by atoms with Crippen LogP contribution in [0.3, 0.4) is 0 Å². The Bertz CT molecular complexity index is 462. The van der Waals surface area contributed by atoms with Gasteiger partial charge >= 0.3 is 5.97 Å². The van der Waals surface area contributed by atoms with Gasteiger partial charge < -0.3 is 4.74 Å². The number of nitriles is 1. The first-order valence-corrected chi connectivity index (χ1v) is 3.91. The number of carbonyl (C=O) groups excluding carboxylic acids is 2. The van der Waals surface area contributed by atoms with Crippen molar-refractivity contribution in [3.8, 4) is 6.07 Å². The first-order valence-electron chi connectivity index (χ1n) is 3.91. The fourth-order valence-corrected chi connectivity index (χ4v) is 1.14. The third-order valence-electron chi connectivity index (χ3n) is 1.77. The average Bonchev–Trinajstić information content (AvgIpc) is 2.26. The number of ether oxygens (including phenoxy) is 1. The van der Waals surface area contributed by atoms with E-state index in [2.05, 4.69) is 4.74 Å². The number of hydrogen-bond acceptors (Lipinski definition) is 4. The summed E-state index contributed by atoms with van der Waals surface area (Å²) in [5.74, 6) is -1.59. The molecule has 0 aliphatic carbocycles. The molecular weight excluding hydrogens is 201 g/mol. The molecule has 1 aromatic carbocycles. The summed E-state index contributed by atoms with van der Waals surface area (Å²) >= 11 is 0. The molecule has 4 nitrogen and oxygen atoms in total. The maximum absolute atomic E-state index is 12.9. The van der Waals surface area contributed by atoms with E-state index in [0.29, 0.717) is 6.29 Å². The Hall–Kier alpha value is -2.22. The second-order valence-corrected chi connectivity index (χ2v) is 2.64. The van der Waals surface area contributed by atoms with Crippen LogP contribution in [0, 0.1) is 17.1 Å². The predicted octanol–water partition coefficient (Wildman–Crippen LogP) is 1.30. The first-order chi connectivity index (χ1) is 7.13. The zero-order chi connectivity index (χ0) is 11.4. The predicted molar refractivity (Wildman–Crippen MR) is 47.8 cm³/mol. The van der Waals surface area contributed by atoms with Crippen molar-refractivity contribution in [2.75, 3.05) is 7.11 Å². The molecule has 1 rings (SSSR count). The van der Waals surface area contributed by atoms with Gasteiger partial charge in [-0.15, -0.1) is 0 Å². The number of hydrogen-bond donors (Lipinski definition) is 0. The van der Waals surface area contributed by atoms with Crippen molar-refractivity contribution in [3.63, 3.8) is 0 Å². The summed E-state index contributed by atoms with van der Waals surface area (Å²) in [6.45, 7) is 0. The summed E-state index contributed by atoms with van der Waals surface area (Å²) in [5.41, 5.74) is -0.626. The van der Waals surface area contributed by atoms with E-state index < -0.39 is 11.8 Å². The van der Waals surface area contributed by atoms with Gasteiger partial charge in [0.1, 0.15) is 11.9 Å². The minimum atomic E-state index is -0.839. The molecule has 0 heterocycles. The molecule has 0 fully saturated rings. The second kappa shape index (κ2) is 4.33. The lowest BCUT2D eigenvalue weighted by Gasteiger charge is -2.04. The largest absolute Gasteiger partial charge is 0.465 e. The Kier molecular flexibility index (Phi) is 3.13. The number of carbonyl (C=O) groups is 2. The van der Waals surface area contributed by atoms with E-state index in [4.69, 9.17) is 5.26 Å². The third kappa shape index (κ3) is 1.99. The smallest absolute Gasteiger partial charge is 0.339 e. The van der Waals surface area contributed by atoms with E-state index >= 15 is 0 Å². The van der Waals surface area contributed by atoms with Gasteiger partial charge in [-0.25, -0.2) is 9.18 Å². The number of esters is 1. The van der Waals surface area contributed by atoms with Crippen molar-refractivity contribution in [3.05, 3.63) is 34.6 Å². The quantitative estimate of drug-likeness (QED) is 0.541. The number of nitrogens with zero attached hydrogens (tertiary/aromatic N) is 1. The van der Waals surface area contributed by atoms with E-state index in [-0.39, 0.29) is 16.7 Å². The maximum atomic E-state index is 12.9. The standard InChI is InChI=1S/C10H6FNO3/c1-15-10(14)9-6(4-12)2-8(11)3-7(9)5-13/h2-3,5H,1H3. The van der Waals surface area contributed by atoms with Gasteiger partial charge in [0.15, 0.2) is 6.29 Å². The Morgan fingerprint density at radius 1 is 1.60 bits per heavy atom. The van der Waals surface area contributed by atoms with Crippen molar-refractivity contribution in [2.24, 2.45) is 0 Å². The lowest BCUT2D eigenvalue weighted by Crippen LogP contribution is -2.09. The molecule has 0 saturated carbocycles. The highest BCUT2D eigenvalue weighted by atomic mass is 19.1. The van der Waals surface area contributed by atoms with E-state index in [9.17, 15) is 14.0 Å². The summed E-state index contributed by atoms with van der Waals surface area (Å²) in [6, 6.07) is 3.38. The number of methoxy groups -OCH3 is 1. The number of aldehydes is 1. The van der Waals surface area contributed by atoms with E-state index in [1.165, 1.54) is 0 Å². The van der Waals surface area contributed by atoms with E-state index in [1.54, 1.807) is 6.07 Å². The highest BCUT2D eigenvalue weighted by Gasteiger charge is 2.18. The van der Waals surface area contributed by atoms with Crippen molar-refractivity contribution < 1.29 is 18.7 Å². The van der Waals surface area contributed by atoms with Gasteiger partial charge in [0, 0.05) is 5.56 Å². The molecule has 0 N–H and O–H groups in total. The van der Waals surface area contributed by atoms with Crippen LogP contribution < -0.4 is 0 Å². The normalized spacial score (nSPS) is 9.13. The highest BCUT2D eigenvalue weighted by molar-refractivity contribution is 6.00. The Balaban J connectivity index is 3.52. The number of benzene rings is 1. The lowest BCUT2D eigenvalue weighted by atomic mass is 10.0. The molecule has 1 aromatic rings. The maximum Gasteiger partial charge on any atom is 0.339 e. The first kappa shape index (κ1) is 10.9. The Morgan fingerprint density at radius 3 is 2.73 bits per heavy atom. The molecule has 5 heteroatoms. The summed E-state index contributed by atoms with van der Waals surface area (Å²) in [4.78, 5) is 21.8. The van der Waals surface area contributed by atoms with Crippen LogP contribution in [0.2, 0.25) is 0 Å². The fraction of sp³-hybridized carbons (Fsp3) is 0.100. The molecule has 0 unspecified atom stereocenters. The number of halogens is 1. The van der Waals surface area contributed by atoms with Crippen LogP contribution in [0.1, 0.15) is 26.3 Å². The molecule has 0 saturated heterocycles. The minimum Gasteiger partial charge on any atom is -0.465 e. The van der Waals surface area contributed by atoms with Gasteiger partial charge in [-0.1, -0.05) is 0 Å². The van der Waals surface area contributed by atoms with Crippen LogP contribution in [-0.4, -0.2) is 19.4 Å². The zero-order valence-corrected chi connectivity index (χ0v) is 7.78. The molecule has 15 heavy (non-hydrogen) atoms. The topological polar surface area (TPSA) is 67.2 Å². The summed E-state index contributed by atoms with van der Waals surface area (Å²) in [7, 11) is 1.11. The van der Waals surface area contributed by atoms with Crippen molar-refractivity contribution in [1.82, 2.24) is 0 Å². The molecule has 0 radical (unpaired) electrons. The molecule has 0 aliphatic rings. The Labute approximate surface area is 84.9 Å². The van der Waals surface area contributed by atoms with E-state index in [1.807, 2.05) is 0 Å². The second-order valence-electron chi connectivity index (χ2n) is 2.64. The molecule has 0 aliphatic heterocycles. The van der Waals surface area contributed by atoms with Gasteiger partial charge in [0.05, 0.1) is 18.2 Å². The Morgan fingerprint density at radius 2 is 2.27 bits per heavy atom. The van der Waals surface area contributed by atoms with Gasteiger partial charge in [-0.3, -0.25) is 4.79 Å². The van der Waals surface area contributed by atoms with Crippen LogP contribution in [-0.2, 0) is 4.74 Å². The lowest BCUT2D eigenvalue weighted by molar-refractivity contribution is 0.0598. The van der Waals surface area contributed by atoms with Crippen LogP contribution in [0.4, 0.5) is 4.39 Å². The van der Waals surface area contributed by atoms with Crippen molar-refractivity contribution in [1.29, 1.82) is 5.26 Å². The molecule has 0 atom stereocenters. The SMILES string of the molecule is COC(=O)c1c(C#N)cc(F)cc1C=O. The van der Waals surface area contributed by atoms with Crippen LogP contribution >= 0.6 is 0 Å². The van der Waals surface area contributed by atoms with Gasteiger partial charge in [0.25, 0.3) is 0 Å². The number of rotatable bonds is 2. The third-order valence-corrected chi connectivity index (χ3v) is 1.77. The average molecular weight is 207 g/mol. The summed E-state index contributed by atoms with van der Waals surface area (Å²) in [6.07, 6.45) is 0.302. The van der Waals surface area contributed by atoms with Gasteiger partial charge in [-0.2, -0.15) is 5.26 Å². The van der Waals surface area contributed by atoms with Gasteiger partial charge in [-0.05, 0) is 12.1 Å². The van der Waals surface area contributed by atoms with Gasteiger partial charge in [0.2, 0.25) is 0 Å². The summed E-state index contributed by atoms with van der Waals surface area (Å²) in [5, 5.41) is 8.67. The highest BCUT2D eigenvalue weighted by Crippen LogP contribution is 2.16. The van der Waals surface area contributed by atoms with Crippen LogP contribution in [0.25, 0.3) is 0 Å². The summed E-state index contributed by atoms with van der Waals surface area (Å²) < 4.78 is 17.3. The van der Waals surface area contributed by atoms with Crippen molar-refractivity contribution >= 4 is 12.3 Å². The molecule has 0 aromatic heterocycles. The molecule has 0 amide bonds. The molecule has 0 spiro atoms. The zero-order valence-electron chi connectivity index (χ0n) is 7.78. The minimum absolute atomic E-state index is 0.196.